The second-order valence-electron chi connectivity index (χ2n) is 3.49. The van der Waals surface area contributed by atoms with Crippen LogP contribution in [0.15, 0.2) is 0 Å². The zero-order valence-electron chi connectivity index (χ0n) is 9.14. The molecular formula is C9H20Cl2N2O2. The molecule has 1 heterocycles. The molecule has 0 aliphatic carbocycles. The second-order valence-corrected chi connectivity index (χ2v) is 3.49. The SMILES string of the molecule is CCC(C(=O)OC)N1CCC(N)C1.Cl.Cl. The van der Waals surface area contributed by atoms with E-state index in [1.54, 1.807) is 0 Å². The fourth-order valence-corrected chi connectivity index (χ4v) is 1.81. The first kappa shape index (κ1) is 17.4. The van der Waals surface area contributed by atoms with E-state index in [2.05, 4.69) is 4.90 Å². The highest BCUT2D eigenvalue weighted by Gasteiger charge is 2.30. The summed E-state index contributed by atoms with van der Waals surface area (Å²) in [6, 6.07) is 0.122. The summed E-state index contributed by atoms with van der Waals surface area (Å²) in [7, 11) is 1.43. The van der Waals surface area contributed by atoms with Gasteiger partial charge in [-0.25, -0.2) is 0 Å². The van der Waals surface area contributed by atoms with Crippen molar-refractivity contribution < 1.29 is 9.53 Å². The molecule has 1 aliphatic heterocycles. The van der Waals surface area contributed by atoms with Crippen molar-refractivity contribution in [2.45, 2.75) is 31.8 Å². The van der Waals surface area contributed by atoms with Crippen molar-refractivity contribution >= 4 is 30.8 Å². The van der Waals surface area contributed by atoms with Gasteiger partial charge in [-0.3, -0.25) is 9.69 Å². The Morgan fingerprint density at radius 1 is 1.60 bits per heavy atom. The molecule has 2 unspecified atom stereocenters. The van der Waals surface area contributed by atoms with Gasteiger partial charge in [0.15, 0.2) is 0 Å². The van der Waals surface area contributed by atoms with Gasteiger partial charge in [-0.2, -0.15) is 0 Å². The van der Waals surface area contributed by atoms with Gasteiger partial charge in [0.1, 0.15) is 6.04 Å². The van der Waals surface area contributed by atoms with E-state index in [1.807, 2.05) is 6.92 Å². The lowest BCUT2D eigenvalue weighted by molar-refractivity contribution is -0.146. The molecule has 1 fully saturated rings. The number of rotatable bonds is 3. The number of nitrogens with zero attached hydrogens (tertiary/aromatic N) is 1. The zero-order valence-corrected chi connectivity index (χ0v) is 10.8. The largest absolute Gasteiger partial charge is 0.468 e. The molecule has 15 heavy (non-hydrogen) atoms. The highest BCUT2D eigenvalue weighted by molar-refractivity contribution is 5.85. The zero-order chi connectivity index (χ0) is 9.84. The van der Waals surface area contributed by atoms with Gasteiger partial charge in [0.2, 0.25) is 0 Å². The summed E-state index contributed by atoms with van der Waals surface area (Å²) in [4.78, 5) is 13.4. The first-order valence-corrected chi connectivity index (χ1v) is 4.76. The maximum atomic E-state index is 11.3. The van der Waals surface area contributed by atoms with Crippen molar-refractivity contribution in [1.29, 1.82) is 0 Å². The van der Waals surface area contributed by atoms with Crippen LogP contribution in [0.5, 0.6) is 0 Å². The smallest absolute Gasteiger partial charge is 0.323 e. The maximum absolute atomic E-state index is 11.3. The van der Waals surface area contributed by atoms with E-state index >= 15 is 0 Å². The van der Waals surface area contributed by atoms with Crippen molar-refractivity contribution in [3.63, 3.8) is 0 Å². The van der Waals surface area contributed by atoms with Gasteiger partial charge >= 0.3 is 5.97 Å². The predicted molar refractivity (Wildman–Crippen MR) is 64.8 cm³/mol. The molecule has 0 saturated carbocycles. The molecule has 0 radical (unpaired) electrons. The summed E-state index contributed by atoms with van der Waals surface area (Å²) in [6.45, 7) is 3.72. The van der Waals surface area contributed by atoms with Crippen LogP contribution in [0.4, 0.5) is 0 Å². The number of halogens is 2. The highest BCUT2D eigenvalue weighted by Crippen LogP contribution is 2.14. The third-order valence-electron chi connectivity index (χ3n) is 2.56. The summed E-state index contributed by atoms with van der Waals surface area (Å²) >= 11 is 0. The lowest BCUT2D eigenvalue weighted by atomic mass is 10.2. The number of methoxy groups -OCH3 is 1. The molecule has 1 aliphatic rings. The summed E-state index contributed by atoms with van der Waals surface area (Å²) in [5.41, 5.74) is 5.77. The lowest BCUT2D eigenvalue weighted by Crippen LogP contribution is -2.41. The quantitative estimate of drug-likeness (QED) is 0.762. The van der Waals surface area contributed by atoms with Crippen LogP contribution in [0.25, 0.3) is 0 Å². The Kier molecular flexibility index (Phi) is 9.45. The molecule has 0 aromatic heterocycles. The minimum absolute atomic E-state index is 0. The molecular weight excluding hydrogens is 239 g/mol. The van der Waals surface area contributed by atoms with Gasteiger partial charge in [0.05, 0.1) is 7.11 Å². The summed E-state index contributed by atoms with van der Waals surface area (Å²) in [6.07, 6.45) is 1.77. The van der Waals surface area contributed by atoms with Crippen LogP contribution in [0.2, 0.25) is 0 Å². The van der Waals surface area contributed by atoms with Crippen LogP contribution in [0.1, 0.15) is 19.8 Å². The lowest BCUT2D eigenvalue weighted by Gasteiger charge is -2.23. The van der Waals surface area contributed by atoms with Crippen molar-refractivity contribution in [2.24, 2.45) is 5.73 Å². The van der Waals surface area contributed by atoms with Gasteiger partial charge in [-0.15, -0.1) is 24.8 Å². The molecule has 0 aromatic carbocycles. The summed E-state index contributed by atoms with van der Waals surface area (Å²) < 4.78 is 4.73. The summed E-state index contributed by atoms with van der Waals surface area (Å²) in [5.74, 6) is -0.142. The number of hydrogen-bond donors (Lipinski definition) is 1. The van der Waals surface area contributed by atoms with Crippen LogP contribution in [0.3, 0.4) is 0 Å². The minimum Gasteiger partial charge on any atom is -0.468 e. The minimum atomic E-state index is -0.142. The van der Waals surface area contributed by atoms with Crippen LogP contribution in [-0.2, 0) is 9.53 Å². The van der Waals surface area contributed by atoms with E-state index in [0.717, 1.165) is 25.9 Å². The highest BCUT2D eigenvalue weighted by atomic mass is 35.5. The van der Waals surface area contributed by atoms with Crippen LogP contribution < -0.4 is 5.73 Å². The van der Waals surface area contributed by atoms with Gasteiger partial charge in [-0.1, -0.05) is 6.92 Å². The molecule has 2 atom stereocenters. The number of esters is 1. The van der Waals surface area contributed by atoms with Gasteiger partial charge in [0, 0.05) is 19.1 Å². The van der Waals surface area contributed by atoms with Crippen LogP contribution in [0, 0.1) is 0 Å². The molecule has 2 N–H and O–H groups in total. The van der Waals surface area contributed by atoms with Gasteiger partial charge < -0.3 is 10.5 Å². The average molecular weight is 259 g/mol. The molecule has 0 bridgehead atoms. The van der Waals surface area contributed by atoms with Crippen molar-refractivity contribution in [3.8, 4) is 0 Å². The Morgan fingerprint density at radius 3 is 2.53 bits per heavy atom. The topological polar surface area (TPSA) is 55.6 Å². The Morgan fingerprint density at radius 2 is 2.20 bits per heavy atom. The van der Waals surface area contributed by atoms with Gasteiger partial charge in [-0.05, 0) is 12.8 Å². The summed E-state index contributed by atoms with van der Waals surface area (Å²) in [5, 5.41) is 0. The Bertz CT molecular complexity index is 193. The number of ether oxygens (including phenoxy) is 1. The number of hydrogen-bond acceptors (Lipinski definition) is 4. The molecule has 0 amide bonds. The third kappa shape index (κ3) is 4.55. The molecule has 0 spiro atoms. The van der Waals surface area contributed by atoms with Crippen molar-refractivity contribution in [3.05, 3.63) is 0 Å². The van der Waals surface area contributed by atoms with Crippen molar-refractivity contribution in [2.75, 3.05) is 20.2 Å². The van der Waals surface area contributed by atoms with Crippen molar-refractivity contribution in [1.82, 2.24) is 4.90 Å². The first-order valence-electron chi connectivity index (χ1n) is 4.76. The Hall–Kier alpha value is -0.0300. The fraction of sp³-hybridized carbons (Fsp3) is 0.889. The van der Waals surface area contributed by atoms with E-state index in [1.165, 1.54) is 7.11 Å². The van der Waals surface area contributed by atoms with E-state index in [9.17, 15) is 4.79 Å². The number of carbonyl (C=O) groups excluding carboxylic acids is 1. The van der Waals surface area contributed by atoms with E-state index in [-0.39, 0.29) is 42.9 Å². The monoisotopic (exact) mass is 258 g/mol. The average Bonchev–Trinajstić information content (AvgIpc) is 2.53. The normalized spacial score (nSPS) is 22.5. The number of likely N-dealkylation sites (tertiary alicyclic amines) is 1. The molecule has 1 saturated heterocycles. The molecule has 1 rings (SSSR count). The van der Waals surface area contributed by atoms with E-state index < -0.39 is 0 Å². The van der Waals surface area contributed by atoms with E-state index in [4.69, 9.17) is 10.5 Å². The molecule has 92 valence electrons. The van der Waals surface area contributed by atoms with Gasteiger partial charge in [0.25, 0.3) is 0 Å². The maximum Gasteiger partial charge on any atom is 0.323 e. The first-order chi connectivity index (χ1) is 6.19. The third-order valence-corrected chi connectivity index (χ3v) is 2.56. The predicted octanol–water partition coefficient (Wildman–Crippen LogP) is 0.815. The van der Waals surface area contributed by atoms with Crippen LogP contribution in [-0.4, -0.2) is 43.2 Å². The second kappa shape index (κ2) is 8.16. The Labute approximate surface area is 103 Å². The standard InChI is InChI=1S/C9H18N2O2.2ClH/c1-3-8(9(12)13-2)11-5-4-7(10)6-11;;/h7-8H,3-6,10H2,1-2H3;2*1H. The number of nitrogens with two attached hydrogens (primary N) is 1. The molecule has 0 aromatic rings. The van der Waals surface area contributed by atoms with E-state index in [0.29, 0.717) is 0 Å². The fourth-order valence-electron chi connectivity index (χ4n) is 1.81. The molecule has 6 heteroatoms. The molecule has 4 nitrogen and oxygen atoms in total. The Balaban J connectivity index is 0. The number of carbonyl (C=O) groups is 1. The van der Waals surface area contributed by atoms with Crippen LogP contribution >= 0.6 is 24.8 Å².